The molecule has 1 aliphatic heterocycles. The molecule has 0 bridgehead atoms. The maximum atomic E-state index is 11.7. The van der Waals surface area contributed by atoms with E-state index in [2.05, 4.69) is 10.3 Å². The van der Waals surface area contributed by atoms with Crippen LogP contribution in [-0.4, -0.2) is 34.3 Å². The molecule has 6 heteroatoms. The third kappa shape index (κ3) is 2.45. The van der Waals surface area contributed by atoms with Gasteiger partial charge in [0.2, 0.25) is 11.8 Å². The number of imide groups is 1. The zero-order valence-electron chi connectivity index (χ0n) is 11.7. The van der Waals surface area contributed by atoms with E-state index in [4.69, 9.17) is 5.73 Å². The quantitative estimate of drug-likeness (QED) is 0.625. The predicted octanol–water partition coefficient (Wildman–Crippen LogP) is 0.664. The molecule has 2 amide bonds. The Hall–Kier alpha value is -2.47. The second kappa shape index (κ2) is 5.14. The van der Waals surface area contributed by atoms with Gasteiger partial charge in [0.05, 0.1) is 18.1 Å². The molecule has 0 radical (unpaired) electrons. The standard InChI is InChI=1S/C15H16N4O2/c1-9-15(21)18-13(20)8-19(9)7-10-4-5-12(16)11-3-2-6-17-14(10)11/h2-6,9H,7-8,16H2,1H3,(H,18,20,21). The summed E-state index contributed by atoms with van der Waals surface area (Å²) < 4.78 is 0. The minimum atomic E-state index is -0.348. The molecule has 1 aromatic heterocycles. The van der Waals surface area contributed by atoms with E-state index in [-0.39, 0.29) is 24.4 Å². The molecule has 2 heterocycles. The first-order valence-corrected chi connectivity index (χ1v) is 6.76. The summed E-state index contributed by atoms with van der Waals surface area (Å²) in [5, 5.41) is 3.22. The number of hydrogen-bond acceptors (Lipinski definition) is 5. The van der Waals surface area contributed by atoms with E-state index in [0.29, 0.717) is 12.2 Å². The van der Waals surface area contributed by atoms with Gasteiger partial charge in [-0.1, -0.05) is 6.07 Å². The fraction of sp³-hybridized carbons (Fsp3) is 0.267. The van der Waals surface area contributed by atoms with Crippen LogP contribution in [0.3, 0.4) is 0 Å². The smallest absolute Gasteiger partial charge is 0.243 e. The van der Waals surface area contributed by atoms with Crippen molar-refractivity contribution in [1.29, 1.82) is 0 Å². The monoisotopic (exact) mass is 284 g/mol. The molecular formula is C15H16N4O2. The van der Waals surface area contributed by atoms with Crippen LogP contribution in [0.1, 0.15) is 12.5 Å². The number of fused-ring (bicyclic) bond motifs is 1. The summed E-state index contributed by atoms with van der Waals surface area (Å²) >= 11 is 0. The van der Waals surface area contributed by atoms with Gasteiger partial charge in [-0.2, -0.15) is 0 Å². The average molecular weight is 284 g/mol. The van der Waals surface area contributed by atoms with E-state index in [1.165, 1.54) is 0 Å². The van der Waals surface area contributed by atoms with Crippen molar-refractivity contribution in [2.45, 2.75) is 19.5 Å². The topological polar surface area (TPSA) is 88.3 Å². The van der Waals surface area contributed by atoms with Gasteiger partial charge in [-0.15, -0.1) is 0 Å². The van der Waals surface area contributed by atoms with Gasteiger partial charge in [-0.3, -0.25) is 24.8 Å². The maximum Gasteiger partial charge on any atom is 0.243 e. The number of benzene rings is 1. The zero-order valence-corrected chi connectivity index (χ0v) is 11.7. The van der Waals surface area contributed by atoms with Gasteiger partial charge >= 0.3 is 0 Å². The second-order valence-electron chi connectivity index (χ2n) is 5.21. The van der Waals surface area contributed by atoms with E-state index >= 15 is 0 Å². The van der Waals surface area contributed by atoms with Gasteiger partial charge in [0.25, 0.3) is 0 Å². The Kier molecular flexibility index (Phi) is 3.31. The molecule has 1 aromatic carbocycles. The van der Waals surface area contributed by atoms with E-state index in [1.807, 2.05) is 29.2 Å². The molecule has 1 fully saturated rings. The number of nitrogens with one attached hydrogen (secondary N) is 1. The summed E-state index contributed by atoms with van der Waals surface area (Å²) in [5.41, 5.74) is 8.39. The summed E-state index contributed by atoms with van der Waals surface area (Å²) in [5.74, 6) is -0.537. The van der Waals surface area contributed by atoms with Crippen LogP contribution < -0.4 is 11.1 Å². The van der Waals surface area contributed by atoms with Gasteiger partial charge in [0, 0.05) is 23.8 Å². The summed E-state index contributed by atoms with van der Waals surface area (Å²) in [6.07, 6.45) is 1.71. The molecule has 0 spiro atoms. The van der Waals surface area contributed by atoms with E-state index in [9.17, 15) is 9.59 Å². The number of hydrogen-bond donors (Lipinski definition) is 2. The summed E-state index contributed by atoms with van der Waals surface area (Å²) in [6.45, 7) is 2.47. The maximum absolute atomic E-state index is 11.7. The third-order valence-corrected chi connectivity index (χ3v) is 3.80. The molecule has 2 aromatic rings. The Morgan fingerprint density at radius 2 is 2.19 bits per heavy atom. The van der Waals surface area contributed by atoms with Crippen molar-refractivity contribution in [3.05, 3.63) is 36.0 Å². The molecule has 0 saturated carbocycles. The number of rotatable bonds is 2. The van der Waals surface area contributed by atoms with Crippen LogP contribution in [0.5, 0.6) is 0 Å². The van der Waals surface area contributed by atoms with Crippen LogP contribution in [0.25, 0.3) is 10.9 Å². The zero-order chi connectivity index (χ0) is 15.0. The molecule has 1 unspecified atom stereocenters. The first-order valence-electron chi connectivity index (χ1n) is 6.76. The van der Waals surface area contributed by atoms with Gasteiger partial charge in [-0.05, 0) is 30.7 Å². The van der Waals surface area contributed by atoms with Gasteiger partial charge in [0.15, 0.2) is 0 Å². The molecule has 1 saturated heterocycles. The molecule has 21 heavy (non-hydrogen) atoms. The minimum absolute atomic E-state index is 0.200. The van der Waals surface area contributed by atoms with Crippen LogP contribution in [0.15, 0.2) is 30.5 Å². The Morgan fingerprint density at radius 1 is 1.38 bits per heavy atom. The van der Waals surface area contributed by atoms with Gasteiger partial charge < -0.3 is 5.73 Å². The number of aromatic nitrogens is 1. The van der Waals surface area contributed by atoms with Crippen molar-refractivity contribution in [2.75, 3.05) is 12.3 Å². The van der Waals surface area contributed by atoms with Crippen LogP contribution in [0.4, 0.5) is 5.69 Å². The Balaban J connectivity index is 1.96. The largest absolute Gasteiger partial charge is 0.398 e. The minimum Gasteiger partial charge on any atom is -0.398 e. The summed E-state index contributed by atoms with van der Waals surface area (Å²) in [7, 11) is 0. The van der Waals surface area contributed by atoms with Gasteiger partial charge in [-0.25, -0.2) is 0 Å². The summed E-state index contributed by atoms with van der Waals surface area (Å²) in [4.78, 5) is 29.5. The Morgan fingerprint density at radius 3 is 3.00 bits per heavy atom. The number of nitrogens with two attached hydrogens (primary N) is 1. The molecule has 3 rings (SSSR count). The van der Waals surface area contributed by atoms with E-state index in [1.54, 1.807) is 13.1 Å². The van der Waals surface area contributed by atoms with Crippen molar-refractivity contribution in [3.63, 3.8) is 0 Å². The molecule has 6 nitrogen and oxygen atoms in total. The molecule has 108 valence electrons. The molecule has 1 aliphatic rings. The van der Waals surface area contributed by atoms with E-state index in [0.717, 1.165) is 16.5 Å². The highest BCUT2D eigenvalue weighted by Gasteiger charge is 2.30. The van der Waals surface area contributed by atoms with E-state index < -0.39 is 0 Å². The number of anilines is 1. The predicted molar refractivity (Wildman–Crippen MR) is 79.2 cm³/mol. The average Bonchev–Trinajstić information content (AvgIpc) is 2.47. The van der Waals surface area contributed by atoms with Crippen molar-refractivity contribution >= 4 is 28.4 Å². The third-order valence-electron chi connectivity index (χ3n) is 3.80. The lowest BCUT2D eigenvalue weighted by molar-refractivity contribution is -0.139. The second-order valence-corrected chi connectivity index (χ2v) is 5.21. The summed E-state index contributed by atoms with van der Waals surface area (Å²) in [6, 6.07) is 7.13. The number of pyridine rings is 1. The first-order chi connectivity index (χ1) is 10.1. The van der Waals surface area contributed by atoms with Crippen molar-refractivity contribution in [2.24, 2.45) is 0 Å². The molecule has 0 aliphatic carbocycles. The molecule has 3 N–H and O–H groups in total. The van der Waals surface area contributed by atoms with Crippen molar-refractivity contribution < 1.29 is 9.59 Å². The van der Waals surface area contributed by atoms with Crippen LogP contribution in [-0.2, 0) is 16.1 Å². The number of carbonyl (C=O) groups excluding carboxylic acids is 2. The van der Waals surface area contributed by atoms with Gasteiger partial charge in [0.1, 0.15) is 0 Å². The highest BCUT2D eigenvalue weighted by atomic mass is 16.2. The lowest BCUT2D eigenvalue weighted by atomic mass is 10.1. The van der Waals surface area contributed by atoms with Crippen LogP contribution in [0.2, 0.25) is 0 Å². The first kappa shape index (κ1) is 13.5. The highest BCUT2D eigenvalue weighted by Crippen LogP contribution is 2.24. The SMILES string of the molecule is CC1C(=O)NC(=O)CN1Cc1ccc(N)c2cccnc12. The number of carbonyl (C=O) groups is 2. The fourth-order valence-corrected chi connectivity index (χ4v) is 2.56. The lowest BCUT2D eigenvalue weighted by Gasteiger charge is -2.31. The fourth-order valence-electron chi connectivity index (χ4n) is 2.56. The highest BCUT2D eigenvalue weighted by molar-refractivity contribution is 6.01. The number of nitrogen functional groups attached to an aromatic ring is 1. The van der Waals surface area contributed by atoms with Crippen LogP contribution >= 0.6 is 0 Å². The van der Waals surface area contributed by atoms with Crippen molar-refractivity contribution in [3.8, 4) is 0 Å². The molecular weight excluding hydrogens is 268 g/mol. The lowest BCUT2D eigenvalue weighted by Crippen LogP contribution is -2.56. The normalized spacial score (nSPS) is 19.8. The number of nitrogens with zero attached hydrogens (tertiary/aromatic N) is 2. The van der Waals surface area contributed by atoms with Crippen molar-refractivity contribution in [1.82, 2.24) is 15.2 Å². The van der Waals surface area contributed by atoms with Crippen LogP contribution in [0, 0.1) is 0 Å². The number of piperazine rings is 1. The molecule has 1 atom stereocenters. The number of amides is 2. The Labute approximate surface area is 121 Å². The Bertz CT molecular complexity index is 729.